The molecule has 10 heteroatoms. The van der Waals surface area contributed by atoms with Crippen molar-refractivity contribution in [2.75, 3.05) is 17.7 Å². The van der Waals surface area contributed by atoms with Gasteiger partial charge in [-0.05, 0) is 31.7 Å². The number of alkyl halides is 2. The molecule has 0 aliphatic heterocycles. The van der Waals surface area contributed by atoms with E-state index in [-0.39, 0.29) is 30.6 Å². The van der Waals surface area contributed by atoms with Crippen molar-refractivity contribution < 1.29 is 18.3 Å². The number of ether oxygens (including phenoxy) is 1. The maximum atomic E-state index is 13.4. The van der Waals surface area contributed by atoms with E-state index in [9.17, 15) is 13.6 Å². The molecule has 4 rings (SSSR count). The van der Waals surface area contributed by atoms with E-state index in [1.165, 1.54) is 7.11 Å². The summed E-state index contributed by atoms with van der Waals surface area (Å²) in [6.45, 7) is 0. The Morgan fingerprint density at radius 1 is 1.21 bits per heavy atom. The summed E-state index contributed by atoms with van der Waals surface area (Å²) in [6.07, 6.45) is 3.75. The monoisotopic (exact) mass is 392 g/mol. The van der Waals surface area contributed by atoms with E-state index < -0.39 is 12.0 Å². The third kappa shape index (κ3) is 4.37. The van der Waals surface area contributed by atoms with Crippen molar-refractivity contribution >= 4 is 17.7 Å². The first-order chi connectivity index (χ1) is 13.4. The van der Waals surface area contributed by atoms with E-state index in [1.807, 2.05) is 6.07 Å². The van der Waals surface area contributed by atoms with Crippen LogP contribution in [0.25, 0.3) is 5.95 Å². The smallest absolute Gasteiger partial charge is 0.412 e. The molecular weight excluding hydrogens is 370 g/mol. The first kappa shape index (κ1) is 18.6. The lowest BCUT2D eigenvalue weighted by molar-refractivity contribution is -0.0361. The second kappa shape index (κ2) is 7.33. The van der Waals surface area contributed by atoms with E-state index in [1.54, 1.807) is 16.9 Å². The Balaban J connectivity index is 1.57. The maximum absolute atomic E-state index is 13.4. The number of aromatic nitrogens is 4. The predicted octanol–water partition coefficient (Wildman–Crippen LogP) is 3.71. The Hall–Kier alpha value is -2.78. The number of halogens is 2. The van der Waals surface area contributed by atoms with E-state index in [2.05, 4.69) is 30.4 Å². The number of rotatable bonds is 5. The zero-order valence-electron chi connectivity index (χ0n) is 15.5. The second-order valence-corrected chi connectivity index (χ2v) is 7.29. The van der Waals surface area contributed by atoms with Gasteiger partial charge in [-0.3, -0.25) is 5.32 Å². The van der Waals surface area contributed by atoms with Gasteiger partial charge in [0, 0.05) is 37.1 Å². The summed E-state index contributed by atoms with van der Waals surface area (Å²) in [5.74, 6) is -1.15. The molecule has 28 heavy (non-hydrogen) atoms. The Morgan fingerprint density at radius 3 is 2.61 bits per heavy atom. The fraction of sp³-hybridized carbons (Fsp3) is 0.556. The molecule has 8 nitrogen and oxygen atoms in total. The zero-order valence-corrected chi connectivity index (χ0v) is 15.5. The molecule has 2 aliphatic rings. The average Bonchev–Trinajstić information content (AvgIpc) is 3.40. The Morgan fingerprint density at radius 2 is 1.93 bits per heavy atom. The van der Waals surface area contributed by atoms with E-state index in [4.69, 9.17) is 0 Å². The molecule has 0 bridgehead atoms. The lowest BCUT2D eigenvalue weighted by atomic mass is 9.92. The highest BCUT2D eigenvalue weighted by atomic mass is 19.3. The van der Waals surface area contributed by atoms with Crippen LogP contribution in [0, 0.1) is 0 Å². The minimum absolute atomic E-state index is 0.118. The third-order valence-electron chi connectivity index (χ3n) is 5.01. The standard InChI is InChI=1S/C18H22F2N6O2/c1-28-17(27)24-15-10-14(21-12-4-7-18(19,20)8-5-12)22-16(23-15)26-9-6-13(25-26)11-2-3-11/h6,9-12H,2-5,7-8H2,1H3,(H2,21,22,23,24,27). The minimum Gasteiger partial charge on any atom is -0.453 e. The lowest BCUT2D eigenvalue weighted by Gasteiger charge is -2.29. The van der Waals surface area contributed by atoms with Gasteiger partial charge in [0.25, 0.3) is 5.95 Å². The van der Waals surface area contributed by atoms with Gasteiger partial charge in [0.05, 0.1) is 12.8 Å². The Bertz CT molecular complexity index is 858. The Labute approximate surface area is 160 Å². The highest BCUT2D eigenvalue weighted by Crippen LogP contribution is 2.39. The summed E-state index contributed by atoms with van der Waals surface area (Å²) >= 11 is 0. The summed E-state index contributed by atoms with van der Waals surface area (Å²) in [7, 11) is 1.26. The number of nitrogens with one attached hydrogen (secondary N) is 2. The maximum Gasteiger partial charge on any atom is 0.412 e. The third-order valence-corrected chi connectivity index (χ3v) is 5.01. The normalized spacial score (nSPS) is 19.2. The number of carbonyl (C=O) groups is 1. The van der Waals surface area contributed by atoms with Crippen LogP contribution in [-0.2, 0) is 4.74 Å². The van der Waals surface area contributed by atoms with Gasteiger partial charge in [-0.2, -0.15) is 15.1 Å². The number of carbonyl (C=O) groups excluding carboxylic acids is 1. The molecular formula is C18H22F2N6O2. The van der Waals surface area contributed by atoms with Crippen molar-refractivity contribution in [3.8, 4) is 5.95 Å². The topological polar surface area (TPSA) is 94.0 Å². The van der Waals surface area contributed by atoms with E-state index in [0.29, 0.717) is 24.6 Å². The first-order valence-corrected chi connectivity index (χ1v) is 9.36. The van der Waals surface area contributed by atoms with Crippen molar-refractivity contribution in [3.63, 3.8) is 0 Å². The lowest BCUT2D eigenvalue weighted by Crippen LogP contribution is -2.32. The fourth-order valence-corrected chi connectivity index (χ4v) is 3.27. The van der Waals surface area contributed by atoms with Gasteiger partial charge in [0.2, 0.25) is 5.92 Å². The summed E-state index contributed by atoms with van der Waals surface area (Å²) in [6, 6.07) is 3.36. The largest absolute Gasteiger partial charge is 0.453 e. The number of hydrogen-bond donors (Lipinski definition) is 2. The van der Waals surface area contributed by atoms with E-state index >= 15 is 0 Å². The molecule has 2 fully saturated rings. The van der Waals surface area contributed by atoms with Gasteiger partial charge in [-0.25, -0.2) is 18.3 Å². The number of nitrogens with zero attached hydrogens (tertiary/aromatic N) is 4. The first-order valence-electron chi connectivity index (χ1n) is 9.36. The molecule has 2 aliphatic carbocycles. The van der Waals surface area contributed by atoms with Crippen LogP contribution >= 0.6 is 0 Å². The molecule has 2 aromatic rings. The highest BCUT2D eigenvalue weighted by Gasteiger charge is 2.35. The van der Waals surface area contributed by atoms with Crippen LogP contribution in [0.5, 0.6) is 0 Å². The molecule has 2 N–H and O–H groups in total. The molecule has 1 amide bonds. The number of amides is 1. The summed E-state index contributed by atoms with van der Waals surface area (Å²) in [4.78, 5) is 20.4. The molecule has 2 saturated carbocycles. The molecule has 150 valence electrons. The van der Waals surface area contributed by atoms with Crippen LogP contribution < -0.4 is 10.6 Å². The molecule has 0 radical (unpaired) electrons. The molecule has 0 unspecified atom stereocenters. The van der Waals surface area contributed by atoms with Crippen LogP contribution in [0.1, 0.15) is 50.1 Å². The van der Waals surface area contributed by atoms with Gasteiger partial charge in [0.1, 0.15) is 11.6 Å². The molecule has 2 aromatic heterocycles. The molecule has 0 aromatic carbocycles. The second-order valence-electron chi connectivity index (χ2n) is 7.29. The van der Waals surface area contributed by atoms with Crippen LogP contribution in [0.15, 0.2) is 18.3 Å². The summed E-state index contributed by atoms with van der Waals surface area (Å²) in [5, 5.41) is 10.2. The van der Waals surface area contributed by atoms with Gasteiger partial charge in [-0.1, -0.05) is 0 Å². The molecule has 0 saturated heterocycles. The predicted molar refractivity (Wildman–Crippen MR) is 98.0 cm³/mol. The van der Waals surface area contributed by atoms with Crippen LogP contribution in [-0.4, -0.2) is 44.9 Å². The zero-order chi connectivity index (χ0) is 19.7. The molecule has 0 atom stereocenters. The Kier molecular flexibility index (Phi) is 4.86. The minimum atomic E-state index is -2.60. The van der Waals surface area contributed by atoms with Crippen LogP contribution in [0.4, 0.5) is 25.2 Å². The molecule has 0 spiro atoms. The van der Waals surface area contributed by atoms with Crippen LogP contribution in [0.3, 0.4) is 0 Å². The molecule has 2 heterocycles. The van der Waals surface area contributed by atoms with Gasteiger partial charge in [-0.15, -0.1) is 0 Å². The van der Waals surface area contributed by atoms with E-state index in [0.717, 1.165) is 18.5 Å². The highest BCUT2D eigenvalue weighted by molar-refractivity contribution is 5.83. The van der Waals surface area contributed by atoms with Gasteiger partial charge >= 0.3 is 6.09 Å². The SMILES string of the molecule is COC(=O)Nc1cc(NC2CCC(F)(F)CC2)nc(-n2ccc(C3CC3)n2)n1. The van der Waals surface area contributed by atoms with Crippen molar-refractivity contribution in [2.45, 2.75) is 56.4 Å². The van der Waals surface area contributed by atoms with Crippen molar-refractivity contribution in [1.29, 1.82) is 0 Å². The van der Waals surface area contributed by atoms with Crippen molar-refractivity contribution in [2.24, 2.45) is 0 Å². The average molecular weight is 392 g/mol. The van der Waals surface area contributed by atoms with Crippen molar-refractivity contribution in [3.05, 3.63) is 24.0 Å². The summed E-state index contributed by atoms with van der Waals surface area (Å²) < 4.78 is 33.0. The van der Waals surface area contributed by atoms with Gasteiger partial charge < -0.3 is 10.1 Å². The number of hydrogen-bond acceptors (Lipinski definition) is 6. The summed E-state index contributed by atoms with van der Waals surface area (Å²) in [5.41, 5.74) is 0.985. The van der Waals surface area contributed by atoms with Gasteiger partial charge in [0.15, 0.2) is 0 Å². The quantitative estimate of drug-likeness (QED) is 0.806. The number of methoxy groups -OCH3 is 1. The number of anilines is 2. The van der Waals surface area contributed by atoms with Crippen LogP contribution in [0.2, 0.25) is 0 Å². The van der Waals surface area contributed by atoms with Crippen molar-refractivity contribution in [1.82, 2.24) is 19.7 Å². The fourth-order valence-electron chi connectivity index (χ4n) is 3.27.